The van der Waals surface area contributed by atoms with Crippen molar-refractivity contribution in [2.45, 2.75) is 40.0 Å². The highest BCUT2D eigenvalue weighted by molar-refractivity contribution is 5.13. The van der Waals surface area contributed by atoms with E-state index in [1.807, 2.05) is 0 Å². The van der Waals surface area contributed by atoms with Crippen LogP contribution in [0.4, 0.5) is 4.39 Å². The first-order valence-electron chi connectivity index (χ1n) is 5.53. The van der Waals surface area contributed by atoms with Crippen LogP contribution in [0.5, 0.6) is 0 Å². The summed E-state index contributed by atoms with van der Waals surface area (Å²) < 4.78 is 12.7. The summed E-state index contributed by atoms with van der Waals surface area (Å²) >= 11 is 0. The van der Waals surface area contributed by atoms with Crippen molar-refractivity contribution in [1.82, 2.24) is 4.98 Å². The Balaban J connectivity index is 2.13. The Morgan fingerprint density at radius 3 is 2.40 bits per heavy atom. The van der Waals surface area contributed by atoms with Gasteiger partial charge in [0.05, 0.1) is 6.20 Å². The number of hydrogen-bond acceptors (Lipinski definition) is 1. The molecule has 1 fully saturated rings. The number of aromatic nitrogens is 1. The van der Waals surface area contributed by atoms with Gasteiger partial charge in [-0.15, -0.1) is 0 Å². The Bertz CT molecular complexity index is 344. The maximum absolute atomic E-state index is 12.7. The first-order valence-corrected chi connectivity index (χ1v) is 5.53. The lowest BCUT2D eigenvalue weighted by atomic mass is 9.75. The molecule has 0 N–H and O–H groups in total. The van der Waals surface area contributed by atoms with Gasteiger partial charge in [-0.05, 0) is 42.2 Å². The van der Waals surface area contributed by atoms with Crippen LogP contribution in [0.3, 0.4) is 0 Å². The number of pyridine rings is 1. The predicted molar refractivity (Wildman–Crippen MR) is 59.0 cm³/mol. The second kappa shape index (κ2) is 3.29. The molecule has 1 nitrogen and oxygen atoms in total. The van der Waals surface area contributed by atoms with Crippen LogP contribution in [0, 0.1) is 16.6 Å². The molecule has 1 aromatic heterocycles. The van der Waals surface area contributed by atoms with Gasteiger partial charge in [-0.3, -0.25) is 4.98 Å². The summed E-state index contributed by atoms with van der Waals surface area (Å²) in [6.07, 6.45) is 4.84. The van der Waals surface area contributed by atoms with Gasteiger partial charge in [-0.2, -0.15) is 0 Å². The minimum Gasteiger partial charge on any atom is -0.258 e. The largest absolute Gasteiger partial charge is 0.258 e. The highest BCUT2D eigenvalue weighted by Crippen LogP contribution is 2.60. The maximum Gasteiger partial charge on any atom is 0.141 e. The van der Waals surface area contributed by atoms with Crippen molar-refractivity contribution in [2.75, 3.05) is 0 Å². The molecule has 82 valence electrons. The van der Waals surface area contributed by atoms with E-state index in [1.165, 1.54) is 25.1 Å². The molecule has 0 aliphatic heterocycles. The van der Waals surface area contributed by atoms with E-state index in [2.05, 4.69) is 25.8 Å². The molecule has 1 saturated carbocycles. The van der Waals surface area contributed by atoms with E-state index in [1.54, 1.807) is 6.07 Å². The first kappa shape index (κ1) is 10.6. The van der Waals surface area contributed by atoms with Gasteiger partial charge in [0.1, 0.15) is 5.82 Å². The summed E-state index contributed by atoms with van der Waals surface area (Å²) in [7, 11) is 0. The third-order valence-corrected chi connectivity index (χ3v) is 3.75. The molecule has 0 unspecified atom stereocenters. The van der Waals surface area contributed by atoms with Crippen molar-refractivity contribution in [1.29, 1.82) is 0 Å². The van der Waals surface area contributed by atoms with Gasteiger partial charge < -0.3 is 0 Å². The average Bonchev–Trinajstić information content (AvgIpc) is 2.89. The summed E-state index contributed by atoms with van der Waals surface area (Å²) in [6, 6.07) is 3.31. The Hall–Kier alpha value is -0.920. The maximum atomic E-state index is 12.7. The molecule has 2 rings (SSSR count). The van der Waals surface area contributed by atoms with E-state index < -0.39 is 0 Å². The molecule has 0 radical (unpaired) electrons. The fraction of sp³-hybridized carbons (Fsp3) is 0.615. The summed E-state index contributed by atoms with van der Waals surface area (Å²) in [5, 5.41) is 0. The van der Waals surface area contributed by atoms with Gasteiger partial charge in [-0.25, -0.2) is 4.39 Å². The lowest BCUT2D eigenvalue weighted by Crippen LogP contribution is -2.24. The van der Waals surface area contributed by atoms with Crippen LogP contribution in [-0.2, 0) is 6.42 Å². The van der Waals surface area contributed by atoms with Crippen molar-refractivity contribution >= 4 is 0 Å². The molecule has 0 atom stereocenters. The second-order valence-electron chi connectivity index (χ2n) is 5.67. The van der Waals surface area contributed by atoms with E-state index >= 15 is 0 Å². The summed E-state index contributed by atoms with van der Waals surface area (Å²) in [4.78, 5) is 4.14. The predicted octanol–water partition coefficient (Wildman–Crippen LogP) is 3.59. The third-order valence-electron chi connectivity index (χ3n) is 3.75. The molecule has 1 heterocycles. The van der Waals surface area contributed by atoms with Crippen molar-refractivity contribution in [3.05, 3.63) is 29.8 Å². The molecule has 0 spiro atoms. The molecule has 15 heavy (non-hydrogen) atoms. The molecule has 0 saturated heterocycles. The molecular formula is C13H18FN. The van der Waals surface area contributed by atoms with Crippen molar-refractivity contribution in [3.8, 4) is 0 Å². The van der Waals surface area contributed by atoms with E-state index in [4.69, 9.17) is 0 Å². The van der Waals surface area contributed by atoms with Crippen molar-refractivity contribution in [2.24, 2.45) is 10.8 Å². The monoisotopic (exact) mass is 207 g/mol. The van der Waals surface area contributed by atoms with E-state index in [0.717, 1.165) is 12.1 Å². The van der Waals surface area contributed by atoms with Crippen LogP contribution in [0.25, 0.3) is 0 Å². The molecule has 0 aromatic carbocycles. The number of hydrogen-bond donors (Lipinski definition) is 0. The molecular weight excluding hydrogens is 189 g/mol. The normalized spacial score (nSPS) is 18.9. The number of halogens is 1. The third kappa shape index (κ3) is 2.04. The van der Waals surface area contributed by atoms with Crippen LogP contribution in [0.15, 0.2) is 18.3 Å². The zero-order valence-corrected chi connectivity index (χ0v) is 9.68. The quantitative estimate of drug-likeness (QED) is 0.722. The van der Waals surface area contributed by atoms with Gasteiger partial charge in [0, 0.05) is 5.69 Å². The molecule has 0 bridgehead atoms. The zero-order valence-electron chi connectivity index (χ0n) is 9.68. The van der Waals surface area contributed by atoms with E-state index in [9.17, 15) is 4.39 Å². The SMILES string of the molecule is CC(C)(C)C1(Cc2ccc(F)cn2)CC1. The second-order valence-corrected chi connectivity index (χ2v) is 5.67. The van der Waals surface area contributed by atoms with Crippen LogP contribution >= 0.6 is 0 Å². The smallest absolute Gasteiger partial charge is 0.141 e. The lowest BCUT2D eigenvalue weighted by Gasteiger charge is -2.30. The van der Waals surface area contributed by atoms with Crippen LogP contribution in [-0.4, -0.2) is 4.98 Å². The Kier molecular flexibility index (Phi) is 2.32. The van der Waals surface area contributed by atoms with Gasteiger partial charge in [-0.1, -0.05) is 20.8 Å². The number of rotatable bonds is 2. The summed E-state index contributed by atoms with van der Waals surface area (Å²) in [5.41, 5.74) is 1.74. The topological polar surface area (TPSA) is 12.9 Å². The fourth-order valence-corrected chi connectivity index (χ4v) is 2.20. The van der Waals surface area contributed by atoms with E-state index in [0.29, 0.717) is 10.8 Å². The Morgan fingerprint density at radius 1 is 1.33 bits per heavy atom. The minimum absolute atomic E-state index is 0.251. The average molecular weight is 207 g/mol. The molecule has 2 heteroatoms. The minimum atomic E-state index is -0.251. The summed E-state index contributed by atoms with van der Waals surface area (Å²) in [5.74, 6) is -0.251. The van der Waals surface area contributed by atoms with Crippen LogP contribution in [0.1, 0.15) is 39.3 Å². The summed E-state index contributed by atoms with van der Waals surface area (Å²) in [6.45, 7) is 6.84. The van der Waals surface area contributed by atoms with Gasteiger partial charge in [0.25, 0.3) is 0 Å². The van der Waals surface area contributed by atoms with E-state index in [-0.39, 0.29) is 5.82 Å². The highest BCUT2D eigenvalue weighted by atomic mass is 19.1. The molecule has 1 aliphatic carbocycles. The lowest BCUT2D eigenvalue weighted by molar-refractivity contribution is 0.211. The molecule has 1 aliphatic rings. The van der Waals surface area contributed by atoms with Gasteiger partial charge in [0.2, 0.25) is 0 Å². The molecule has 0 amide bonds. The fourth-order valence-electron chi connectivity index (χ4n) is 2.20. The van der Waals surface area contributed by atoms with Gasteiger partial charge >= 0.3 is 0 Å². The highest BCUT2D eigenvalue weighted by Gasteiger charge is 2.51. The van der Waals surface area contributed by atoms with Crippen molar-refractivity contribution in [3.63, 3.8) is 0 Å². The Labute approximate surface area is 90.7 Å². The Morgan fingerprint density at radius 2 is 2.00 bits per heavy atom. The van der Waals surface area contributed by atoms with Gasteiger partial charge in [0.15, 0.2) is 0 Å². The zero-order chi connectivity index (χ0) is 11.1. The van der Waals surface area contributed by atoms with Crippen LogP contribution < -0.4 is 0 Å². The van der Waals surface area contributed by atoms with Crippen LogP contribution in [0.2, 0.25) is 0 Å². The first-order chi connectivity index (χ1) is 6.93. The van der Waals surface area contributed by atoms with Crippen molar-refractivity contribution < 1.29 is 4.39 Å². The molecule has 1 aromatic rings. The standard InChI is InChI=1S/C13H18FN/c1-12(2,3)13(6-7-13)8-11-5-4-10(14)9-15-11/h4-5,9H,6-8H2,1-3H3. The number of nitrogens with zero attached hydrogens (tertiary/aromatic N) is 1.